The molecule has 0 saturated carbocycles. The van der Waals surface area contributed by atoms with Crippen LogP contribution in [0.3, 0.4) is 0 Å². The van der Waals surface area contributed by atoms with E-state index in [1.807, 2.05) is 30.6 Å². The van der Waals surface area contributed by atoms with E-state index in [-0.39, 0.29) is 6.29 Å². The SMILES string of the molecule is CCCCCCCc1ccc(-c2cnc(-c3ccc4c(c3)OC(CCCCOCCCCCC)O4)nc2)cc1. The molecule has 5 heteroatoms. The highest BCUT2D eigenvalue weighted by atomic mass is 16.7. The topological polar surface area (TPSA) is 53.5 Å². The van der Waals surface area contributed by atoms with Crippen LogP contribution in [0, 0.1) is 0 Å². The van der Waals surface area contributed by atoms with E-state index < -0.39 is 0 Å². The first kappa shape index (κ1) is 29.1. The third kappa shape index (κ3) is 9.35. The zero-order valence-corrected chi connectivity index (χ0v) is 24.0. The molecule has 0 fully saturated rings. The molecule has 1 unspecified atom stereocenters. The van der Waals surface area contributed by atoms with Gasteiger partial charge in [-0.1, -0.05) is 83.1 Å². The zero-order chi connectivity index (χ0) is 27.1. The number of aryl methyl sites for hydroxylation is 1. The first-order valence-electron chi connectivity index (χ1n) is 15.2. The first-order valence-corrected chi connectivity index (χ1v) is 15.2. The maximum Gasteiger partial charge on any atom is 0.241 e. The molecule has 0 saturated heterocycles. The van der Waals surface area contributed by atoms with Gasteiger partial charge < -0.3 is 14.2 Å². The lowest BCUT2D eigenvalue weighted by molar-refractivity contribution is 0.0366. The lowest BCUT2D eigenvalue weighted by Gasteiger charge is -2.10. The summed E-state index contributed by atoms with van der Waals surface area (Å²) in [5, 5.41) is 0. The molecule has 1 atom stereocenters. The van der Waals surface area contributed by atoms with E-state index in [1.165, 1.54) is 63.4 Å². The van der Waals surface area contributed by atoms with Crippen molar-refractivity contribution in [2.75, 3.05) is 13.2 Å². The van der Waals surface area contributed by atoms with Crippen LogP contribution in [0.25, 0.3) is 22.5 Å². The van der Waals surface area contributed by atoms with Crippen molar-refractivity contribution in [3.63, 3.8) is 0 Å². The van der Waals surface area contributed by atoms with E-state index in [0.717, 1.165) is 67.1 Å². The third-order valence-corrected chi connectivity index (χ3v) is 7.35. The summed E-state index contributed by atoms with van der Waals surface area (Å²) in [6, 6.07) is 14.8. The van der Waals surface area contributed by atoms with Crippen molar-refractivity contribution < 1.29 is 14.2 Å². The molecule has 0 spiro atoms. The summed E-state index contributed by atoms with van der Waals surface area (Å²) in [6.07, 6.45) is 19.2. The predicted molar refractivity (Wildman–Crippen MR) is 159 cm³/mol. The maximum absolute atomic E-state index is 6.07. The van der Waals surface area contributed by atoms with Crippen molar-refractivity contribution in [3.8, 4) is 34.0 Å². The van der Waals surface area contributed by atoms with Gasteiger partial charge in [-0.2, -0.15) is 0 Å². The molecule has 0 amide bonds. The molecule has 1 aliphatic rings. The van der Waals surface area contributed by atoms with Crippen molar-refractivity contribution >= 4 is 0 Å². The van der Waals surface area contributed by atoms with Crippen LogP contribution in [0.1, 0.15) is 96.5 Å². The van der Waals surface area contributed by atoms with E-state index in [0.29, 0.717) is 5.82 Å². The van der Waals surface area contributed by atoms with Crippen molar-refractivity contribution in [1.29, 1.82) is 0 Å². The van der Waals surface area contributed by atoms with Crippen LogP contribution in [0.2, 0.25) is 0 Å². The van der Waals surface area contributed by atoms with Crippen molar-refractivity contribution in [2.45, 2.75) is 104 Å². The molecule has 4 rings (SSSR count). The maximum atomic E-state index is 6.07. The van der Waals surface area contributed by atoms with Crippen LogP contribution in [0.4, 0.5) is 0 Å². The van der Waals surface area contributed by atoms with Crippen LogP contribution < -0.4 is 9.47 Å². The minimum atomic E-state index is -0.234. The average Bonchev–Trinajstić information content (AvgIpc) is 3.39. The Balaban J connectivity index is 1.21. The molecule has 1 aromatic heterocycles. The van der Waals surface area contributed by atoms with Gasteiger partial charge >= 0.3 is 0 Å². The lowest BCUT2D eigenvalue weighted by atomic mass is 10.0. The fourth-order valence-corrected chi connectivity index (χ4v) is 4.93. The summed E-state index contributed by atoms with van der Waals surface area (Å²) < 4.78 is 17.8. The van der Waals surface area contributed by atoms with Gasteiger partial charge in [-0.15, -0.1) is 0 Å². The highest BCUT2D eigenvalue weighted by Crippen LogP contribution is 2.38. The van der Waals surface area contributed by atoms with Gasteiger partial charge in [0, 0.05) is 43.2 Å². The van der Waals surface area contributed by atoms with Crippen LogP contribution in [0.15, 0.2) is 54.9 Å². The normalized spacial score (nSPS) is 14.2. The highest BCUT2D eigenvalue weighted by Gasteiger charge is 2.24. The monoisotopic (exact) mass is 530 g/mol. The number of aromatic nitrogens is 2. The van der Waals surface area contributed by atoms with Crippen LogP contribution in [0.5, 0.6) is 11.5 Å². The Bertz CT molecular complexity index is 1100. The molecule has 2 heterocycles. The van der Waals surface area contributed by atoms with Gasteiger partial charge in [-0.05, 0) is 61.4 Å². The van der Waals surface area contributed by atoms with Crippen LogP contribution in [-0.4, -0.2) is 29.5 Å². The van der Waals surface area contributed by atoms with Crippen molar-refractivity contribution in [2.24, 2.45) is 0 Å². The molecule has 0 aliphatic carbocycles. The van der Waals surface area contributed by atoms with Gasteiger partial charge in [0.2, 0.25) is 6.29 Å². The molecule has 2 aromatic carbocycles. The Morgan fingerprint density at radius 1 is 0.641 bits per heavy atom. The summed E-state index contributed by atoms with van der Waals surface area (Å²) in [4.78, 5) is 9.30. The number of nitrogens with zero attached hydrogens (tertiary/aromatic N) is 2. The summed E-state index contributed by atoms with van der Waals surface area (Å²) >= 11 is 0. The van der Waals surface area contributed by atoms with Gasteiger partial charge in [-0.25, -0.2) is 9.97 Å². The number of benzene rings is 2. The zero-order valence-electron chi connectivity index (χ0n) is 24.0. The molecule has 3 aromatic rings. The van der Waals surface area contributed by atoms with E-state index in [1.54, 1.807) is 0 Å². The molecule has 0 N–H and O–H groups in total. The summed E-state index contributed by atoms with van der Waals surface area (Å²) in [5.74, 6) is 2.24. The largest absolute Gasteiger partial charge is 0.451 e. The molecule has 210 valence electrons. The number of hydrogen-bond acceptors (Lipinski definition) is 5. The predicted octanol–water partition coefficient (Wildman–Crippen LogP) is 9.19. The number of rotatable bonds is 18. The number of hydrogen-bond donors (Lipinski definition) is 0. The standard InChI is InChI=1S/C34H46N2O3/c1-3-5-7-9-10-14-27-16-18-28(19-17-27)30-25-35-34(36-26-30)29-20-21-31-32(24-29)39-33(38-31)15-11-13-23-37-22-12-8-6-4-2/h16-21,24-26,33H,3-15,22-23H2,1-2H3. The number of unbranched alkanes of at least 4 members (excludes halogenated alkanes) is 8. The molecule has 0 radical (unpaired) electrons. The Hall–Kier alpha value is -2.92. The lowest BCUT2D eigenvalue weighted by Crippen LogP contribution is -2.17. The second-order valence-corrected chi connectivity index (χ2v) is 10.7. The van der Waals surface area contributed by atoms with Gasteiger partial charge in [-0.3, -0.25) is 0 Å². The van der Waals surface area contributed by atoms with Crippen LogP contribution in [-0.2, 0) is 11.2 Å². The minimum Gasteiger partial charge on any atom is -0.451 e. The molecule has 5 nitrogen and oxygen atoms in total. The fraction of sp³-hybridized carbons (Fsp3) is 0.529. The molecular weight excluding hydrogens is 484 g/mol. The quantitative estimate of drug-likeness (QED) is 0.153. The van der Waals surface area contributed by atoms with Crippen LogP contribution >= 0.6 is 0 Å². The number of ether oxygens (including phenoxy) is 3. The molecule has 1 aliphatic heterocycles. The van der Waals surface area contributed by atoms with Crippen molar-refractivity contribution in [1.82, 2.24) is 9.97 Å². The molecule has 39 heavy (non-hydrogen) atoms. The smallest absolute Gasteiger partial charge is 0.241 e. The van der Waals surface area contributed by atoms with E-state index in [2.05, 4.69) is 48.1 Å². The third-order valence-electron chi connectivity index (χ3n) is 7.35. The second-order valence-electron chi connectivity index (χ2n) is 10.7. The molecular formula is C34H46N2O3. The Labute approximate surface area is 235 Å². The minimum absolute atomic E-state index is 0.234. The highest BCUT2D eigenvalue weighted by molar-refractivity contribution is 5.65. The van der Waals surface area contributed by atoms with Gasteiger partial charge in [0.15, 0.2) is 17.3 Å². The van der Waals surface area contributed by atoms with E-state index in [4.69, 9.17) is 14.2 Å². The Morgan fingerprint density at radius 2 is 1.28 bits per heavy atom. The molecule has 0 bridgehead atoms. The van der Waals surface area contributed by atoms with Gasteiger partial charge in [0.05, 0.1) is 0 Å². The van der Waals surface area contributed by atoms with Gasteiger partial charge in [0.25, 0.3) is 0 Å². The average molecular weight is 531 g/mol. The number of fused-ring (bicyclic) bond motifs is 1. The van der Waals surface area contributed by atoms with E-state index in [9.17, 15) is 0 Å². The Kier molecular flexibility index (Phi) is 12.1. The first-order chi connectivity index (χ1) is 19.3. The summed E-state index contributed by atoms with van der Waals surface area (Å²) in [5.41, 5.74) is 4.50. The summed E-state index contributed by atoms with van der Waals surface area (Å²) in [6.45, 7) is 6.18. The summed E-state index contributed by atoms with van der Waals surface area (Å²) in [7, 11) is 0. The Morgan fingerprint density at radius 3 is 2.03 bits per heavy atom. The van der Waals surface area contributed by atoms with E-state index >= 15 is 0 Å². The van der Waals surface area contributed by atoms with Gasteiger partial charge in [0.1, 0.15) is 0 Å². The fourth-order valence-electron chi connectivity index (χ4n) is 4.93. The van der Waals surface area contributed by atoms with Crippen molar-refractivity contribution in [3.05, 3.63) is 60.4 Å². The second kappa shape index (κ2) is 16.2.